The standard InChI is InChI=1S/C22H22N6O2S/c29-20(12-17-14-23-28(15-17)19-4-2-1-3-5-19)26-8-6-25(7-9-26)16-18-13-21(30)27-10-11-31-22(27)24-18/h1-5,10-11,13-15H,6-9,12,16H2. The minimum absolute atomic E-state index is 0.0499. The summed E-state index contributed by atoms with van der Waals surface area (Å²) in [5.74, 6) is 0.114. The predicted octanol–water partition coefficient (Wildman–Crippen LogP) is 1.83. The minimum atomic E-state index is -0.0499. The summed E-state index contributed by atoms with van der Waals surface area (Å²) < 4.78 is 3.35. The quantitative estimate of drug-likeness (QED) is 0.479. The Balaban J connectivity index is 1.16. The van der Waals surface area contributed by atoms with Crippen molar-refractivity contribution in [1.29, 1.82) is 0 Å². The molecule has 0 N–H and O–H groups in total. The fourth-order valence-electron chi connectivity index (χ4n) is 3.81. The molecule has 1 aromatic carbocycles. The molecule has 0 atom stereocenters. The maximum atomic E-state index is 12.8. The van der Waals surface area contributed by atoms with E-state index in [9.17, 15) is 9.59 Å². The van der Waals surface area contributed by atoms with Crippen LogP contribution in [-0.4, -0.2) is 61.1 Å². The van der Waals surface area contributed by atoms with Gasteiger partial charge in [0.05, 0.1) is 24.0 Å². The van der Waals surface area contributed by atoms with Crippen LogP contribution in [-0.2, 0) is 17.8 Å². The van der Waals surface area contributed by atoms with Crippen molar-refractivity contribution in [1.82, 2.24) is 29.0 Å². The molecular formula is C22H22N6O2S. The van der Waals surface area contributed by atoms with Gasteiger partial charge in [-0.2, -0.15) is 5.10 Å². The van der Waals surface area contributed by atoms with Gasteiger partial charge in [0.1, 0.15) is 0 Å². The molecule has 0 radical (unpaired) electrons. The Morgan fingerprint density at radius 1 is 1.10 bits per heavy atom. The van der Waals surface area contributed by atoms with Crippen molar-refractivity contribution in [3.63, 3.8) is 0 Å². The van der Waals surface area contributed by atoms with E-state index in [4.69, 9.17) is 0 Å². The first-order chi connectivity index (χ1) is 15.2. The van der Waals surface area contributed by atoms with Crippen LogP contribution in [0.2, 0.25) is 0 Å². The van der Waals surface area contributed by atoms with Crippen LogP contribution in [0.25, 0.3) is 10.6 Å². The minimum Gasteiger partial charge on any atom is -0.340 e. The number of amides is 1. The summed E-state index contributed by atoms with van der Waals surface area (Å²) in [6, 6.07) is 11.5. The predicted molar refractivity (Wildman–Crippen MR) is 118 cm³/mol. The van der Waals surface area contributed by atoms with Crippen LogP contribution in [0.5, 0.6) is 0 Å². The first-order valence-corrected chi connectivity index (χ1v) is 11.1. The van der Waals surface area contributed by atoms with Gasteiger partial charge < -0.3 is 4.90 Å². The molecule has 158 valence electrons. The lowest BCUT2D eigenvalue weighted by atomic mass is 10.2. The highest BCUT2D eigenvalue weighted by molar-refractivity contribution is 7.15. The molecule has 5 rings (SSSR count). The number of para-hydroxylation sites is 1. The number of hydrogen-bond donors (Lipinski definition) is 0. The van der Waals surface area contributed by atoms with Crippen molar-refractivity contribution in [3.05, 3.63) is 82.0 Å². The molecule has 0 aliphatic carbocycles. The molecule has 0 bridgehead atoms. The van der Waals surface area contributed by atoms with Crippen LogP contribution < -0.4 is 5.56 Å². The van der Waals surface area contributed by atoms with Crippen molar-refractivity contribution in [2.24, 2.45) is 0 Å². The van der Waals surface area contributed by atoms with Gasteiger partial charge in [0.2, 0.25) is 5.91 Å². The highest BCUT2D eigenvalue weighted by atomic mass is 32.1. The van der Waals surface area contributed by atoms with E-state index in [1.54, 1.807) is 27.5 Å². The number of fused-ring (bicyclic) bond motifs is 1. The number of carbonyl (C=O) groups is 1. The van der Waals surface area contributed by atoms with E-state index in [0.29, 0.717) is 31.0 Å². The van der Waals surface area contributed by atoms with Gasteiger partial charge in [-0.15, -0.1) is 11.3 Å². The van der Waals surface area contributed by atoms with Crippen molar-refractivity contribution in [2.45, 2.75) is 13.0 Å². The Hall–Kier alpha value is -3.30. The van der Waals surface area contributed by atoms with E-state index >= 15 is 0 Å². The van der Waals surface area contributed by atoms with Gasteiger partial charge >= 0.3 is 0 Å². The normalized spacial score (nSPS) is 14.9. The number of carbonyl (C=O) groups excluding carboxylic acids is 1. The molecule has 1 saturated heterocycles. The average Bonchev–Trinajstić information content (AvgIpc) is 3.45. The molecule has 1 aliphatic rings. The zero-order valence-corrected chi connectivity index (χ0v) is 17.7. The number of piperazine rings is 1. The average molecular weight is 435 g/mol. The van der Waals surface area contributed by atoms with Gasteiger partial charge in [0, 0.05) is 56.6 Å². The third kappa shape index (κ3) is 4.28. The first kappa shape index (κ1) is 19.7. The number of aromatic nitrogens is 4. The summed E-state index contributed by atoms with van der Waals surface area (Å²) in [4.78, 5) is 34.4. The molecule has 1 aliphatic heterocycles. The zero-order valence-electron chi connectivity index (χ0n) is 16.9. The molecule has 31 heavy (non-hydrogen) atoms. The van der Waals surface area contributed by atoms with E-state index in [2.05, 4.69) is 15.0 Å². The van der Waals surface area contributed by atoms with Crippen LogP contribution in [0.15, 0.2) is 65.2 Å². The van der Waals surface area contributed by atoms with Gasteiger partial charge in [-0.1, -0.05) is 18.2 Å². The van der Waals surface area contributed by atoms with E-state index < -0.39 is 0 Å². The topological polar surface area (TPSA) is 75.7 Å². The van der Waals surface area contributed by atoms with Gasteiger partial charge in [-0.25, -0.2) is 9.67 Å². The summed E-state index contributed by atoms with van der Waals surface area (Å²) in [7, 11) is 0. The molecule has 4 aromatic rings. The molecule has 8 nitrogen and oxygen atoms in total. The van der Waals surface area contributed by atoms with Crippen LogP contribution in [0.4, 0.5) is 0 Å². The van der Waals surface area contributed by atoms with Crippen LogP contribution in [0, 0.1) is 0 Å². The van der Waals surface area contributed by atoms with Crippen LogP contribution in [0.1, 0.15) is 11.3 Å². The summed E-state index contributed by atoms with van der Waals surface area (Å²) in [6.45, 7) is 3.49. The van der Waals surface area contributed by atoms with E-state index in [1.165, 1.54) is 11.3 Å². The van der Waals surface area contributed by atoms with Crippen LogP contribution >= 0.6 is 11.3 Å². The van der Waals surface area contributed by atoms with Crippen molar-refractivity contribution < 1.29 is 4.79 Å². The van der Waals surface area contributed by atoms with Crippen molar-refractivity contribution >= 4 is 22.2 Å². The van der Waals surface area contributed by atoms with Gasteiger partial charge in [-0.3, -0.25) is 18.9 Å². The SMILES string of the molecule is O=C(Cc1cnn(-c2ccccc2)c1)N1CCN(Cc2cc(=O)n3ccsc3n2)CC1. The van der Waals surface area contributed by atoms with E-state index in [-0.39, 0.29) is 11.5 Å². The molecular weight excluding hydrogens is 412 g/mol. The Kier molecular flexibility index (Phi) is 5.35. The monoisotopic (exact) mass is 434 g/mol. The number of nitrogens with zero attached hydrogens (tertiary/aromatic N) is 6. The molecule has 4 heterocycles. The second-order valence-electron chi connectivity index (χ2n) is 7.60. The van der Waals surface area contributed by atoms with E-state index in [1.807, 2.05) is 46.8 Å². The lowest BCUT2D eigenvalue weighted by molar-refractivity contribution is -0.132. The number of thiazole rings is 1. The maximum Gasteiger partial charge on any atom is 0.258 e. The fourth-order valence-corrected chi connectivity index (χ4v) is 4.55. The third-order valence-corrected chi connectivity index (χ3v) is 6.24. The zero-order chi connectivity index (χ0) is 21.2. The lowest BCUT2D eigenvalue weighted by Crippen LogP contribution is -2.48. The van der Waals surface area contributed by atoms with Crippen LogP contribution in [0.3, 0.4) is 0 Å². The summed E-state index contributed by atoms with van der Waals surface area (Å²) in [6.07, 6.45) is 5.76. The second kappa shape index (κ2) is 8.44. The summed E-state index contributed by atoms with van der Waals surface area (Å²) in [5.41, 5.74) is 2.61. The molecule has 1 fully saturated rings. The Morgan fingerprint density at radius 3 is 2.71 bits per heavy atom. The Bertz CT molecular complexity index is 1250. The molecule has 3 aromatic heterocycles. The fraction of sp³-hybridized carbons (Fsp3) is 0.273. The summed E-state index contributed by atoms with van der Waals surface area (Å²) >= 11 is 1.46. The molecule has 0 spiro atoms. The molecule has 1 amide bonds. The molecule has 0 saturated carbocycles. The molecule has 0 unspecified atom stereocenters. The van der Waals surface area contributed by atoms with Crippen molar-refractivity contribution in [2.75, 3.05) is 26.2 Å². The van der Waals surface area contributed by atoms with Crippen molar-refractivity contribution in [3.8, 4) is 5.69 Å². The Morgan fingerprint density at radius 2 is 1.90 bits per heavy atom. The highest BCUT2D eigenvalue weighted by Crippen LogP contribution is 2.12. The summed E-state index contributed by atoms with van der Waals surface area (Å²) in [5, 5.41) is 6.24. The molecule has 9 heteroatoms. The third-order valence-electron chi connectivity index (χ3n) is 5.48. The lowest BCUT2D eigenvalue weighted by Gasteiger charge is -2.34. The highest BCUT2D eigenvalue weighted by Gasteiger charge is 2.22. The first-order valence-electron chi connectivity index (χ1n) is 10.2. The number of rotatable bonds is 5. The largest absolute Gasteiger partial charge is 0.340 e. The van der Waals surface area contributed by atoms with Gasteiger partial charge in [0.25, 0.3) is 5.56 Å². The van der Waals surface area contributed by atoms with Gasteiger partial charge in [-0.05, 0) is 17.7 Å². The number of benzene rings is 1. The smallest absolute Gasteiger partial charge is 0.258 e. The van der Waals surface area contributed by atoms with Gasteiger partial charge in [0.15, 0.2) is 4.96 Å². The second-order valence-corrected chi connectivity index (χ2v) is 8.48. The maximum absolute atomic E-state index is 12.8. The number of hydrogen-bond acceptors (Lipinski definition) is 6. The Labute approximate surface area is 183 Å². The van der Waals surface area contributed by atoms with E-state index in [0.717, 1.165) is 30.0 Å².